The van der Waals surface area contributed by atoms with Crippen LogP contribution in [-0.4, -0.2) is 37.8 Å². The van der Waals surface area contributed by atoms with E-state index < -0.39 is 10.0 Å². The van der Waals surface area contributed by atoms with E-state index in [4.69, 9.17) is 5.73 Å². The quantitative estimate of drug-likeness (QED) is 0.366. The molecule has 1 rings (SSSR count). The van der Waals surface area contributed by atoms with Crippen LogP contribution in [0.1, 0.15) is 39.7 Å². The van der Waals surface area contributed by atoms with E-state index in [0.717, 1.165) is 12.0 Å². The van der Waals surface area contributed by atoms with Crippen molar-refractivity contribution in [1.29, 1.82) is 0 Å². The fourth-order valence-electron chi connectivity index (χ4n) is 1.79. The minimum atomic E-state index is -3.45. The second-order valence-corrected chi connectivity index (χ2v) is 7.91. The zero-order valence-corrected chi connectivity index (χ0v) is 18.1. The number of aliphatic imine (C=N–C) groups is 1. The largest absolute Gasteiger partial charge is 0.370 e. The minimum absolute atomic E-state index is 0. The Labute approximate surface area is 163 Å². The maximum absolute atomic E-state index is 12.4. The van der Waals surface area contributed by atoms with E-state index in [-0.39, 0.29) is 41.0 Å². The van der Waals surface area contributed by atoms with Gasteiger partial charge in [0.25, 0.3) is 0 Å². The van der Waals surface area contributed by atoms with Gasteiger partial charge >= 0.3 is 0 Å². The zero-order chi connectivity index (χ0) is 17.6. The number of guanidine groups is 1. The van der Waals surface area contributed by atoms with Gasteiger partial charge in [-0.25, -0.2) is 13.4 Å². The Hall–Kier alpha value is -0.870. The molecule has 8 heteroatoms. The van der Waals surface area contributed by atoms with Crippen LogP contribution in [0.4, 0.5) is 0 Å². The lowest BCUT2D eigenvalue weighted by atomic mass is 10.2. The standard InChI is InChI=1S/C16H28N4O2S.HI/c1-6-13(4)19-16(17)18-11-14-7-9-15(10-8-14)23(21,22)20(5)12(2)3;/h7-10,12-13H,6,11H2,1-5H3,(H3,17,18,19);1H. The van der Waals surface area contributed by atoms with E-state index in [1.54, 1.807) is 31.3 Å². The topological polar surface area (TPSA) is 87.8 Å². The number of rotatable bonds is 7. The molecule has 24 heavy (non-hydrogen) atoms. The van der Waals surface area contributed by atoms with E-state index in [1.165, 1.54) is 4.31 Å². The molecule has 0 aliphatic carbocycles. The Morgan fingerprint density at radius 2 is 1.79 bits per heavy atom. The number of nitrogens with zero attached hydrogens (tertiary/aromatic N) is 2. The van der Waals surface area contributed by atoms with Crippen molar-refractivity contribution < 1.29 is 8.42 Å². The lowest BCUT2D eigenvalue weighted by Crippen LogP contribution is -2.38. The van der Waals surface area contributed by atoms with Gasteiger partial charge in [0.15, 0.2) is 5.96 Å². The molecule has 1 atom stereocenters. The van der Waals surface area contributed by atoms with Crippen molar-refractivity contribution in [3.63, 3.8) is 0 Å². The van der Waals surface area contributed by atoms with Gasteiger partial charge < -0.3 is 11.1 Å². The van der Waals surface area contributed by atoms with Gasteiger partial charge in [-0.15, -0.1) is 24.0 Å². The third-order valence-corrected chi connectivity index (χ3v) is 5.81. The summed E-state index contributed by atoms with van der Waals surface area (Å²) in [4.78, 5) is 4.55. The van der Waals surface area contributed by atoms with Crippen LogP contribution in [0.3, 0.4) is 0 Å². The Balaban J connectivity index is 0.00000529. The van der Waals surface area contributed by atoms with Crippen molar-refractivity contribution in [3.05, 3.63) is 29.8 Å². The summed E-state index contributed by atoms with van der Waals surface area (Å²) in [6.07, 6.45) is 0.964. The summed E-state index contributed by atoms with van der Waals surface area (Å²) in [7, 11) is -1.86. The van der Waals surface area contributed by atoms with Crippen molar-refractivity contribution in [3.8, 4) is 0 Å². The molecular weight excluding hydrogens is 439 g/mol. The number of nitrogens with two attached hydrogens (primary N) is 1. The van der Waals surface area contributed by atoms with Crippen molar-refractivity contribution in [2.24, 2.45) is 10.7 Å². The van der Waals surface area contributed by atoms with Crippen LogP contribution >= 0.6 is 24.0 Å². The molecule has 0 saturated carbocycles. The maximum atomic E-state index is 12.4. The Morgan fingerprint density at radius 3 is 2.25 bits per heavy atom. The molecule has 0 radical (unpaired) electrons. The van der Waals surface area contributed by atoms with Gasteiger partial charge in [-0.05, 0) is 44.9 Å². The summed E-state index contributed by atoms with van der Waals surface area (Å²) in [5.41, 5.74) is 6.71. The maximum Gasteiger partial charge on any atom is 0.243 e. The van der Waals surface area contributed by atoms with E-state index in [1.807, 2.05) is 20.8 Å². The summed E-state index contributed by atoms with van der Waals surface area (Å²) in [5.74, 6) is 0.399. The molecule has 138 valence electrons. The Bertz CT molecular complexity index is 630. The molecule has 3 N–H and O–H groups in total. The summed E-state index contributed by atoms with van der Waals surface area (Å²) in [6, 6.07) is 6.94. The second kappa shape index (κ2) is 10.2. The van der Waals surface area contributed by atoms with Crippen LogP contribution in [-0.2, 0) is 16.6 Å². The van der Waals surface area contributed by atoms with Gasteiger partial charge in [0.2, 0.25) is 10.0 Å². The van der Waals surface area contributed by atoms with Crippen molar-refractivity contribution in [2.75, 3.05) is 7.05 Å². The Morgan fingerprint density at radius 1 is 1.25 bits per heavy atom. The zero-order valence-electron chi connectivity index (χ0n) is 15.0. The van der Waals surface area contributed by atoms with Crippen molar-refractivity contribution >= 4 is 40.0 Å². The van der Waals surface area contributed by atoms with Gasteiger partial charge in [-0.1, -0.05) is 19.1 Å². The van der Waals surface area contributed by atoms with E-state index >= 15 is 0 Å². The molecule has 0 bridgehead atoms. The highest BCUT2D eigenvalue weighted by molar-refractivity contribution is 14.0. The number of nitrogens with one attached hydrogen (secondary N) is 1. The molecule has 0 aliphatic heterocycles. The molecule has 6 nitrogen and oxygen atoms in total. The lowest BCUT2D eigenvalue weighted by molar-refractivity contribution is 0.410. The van der Waals surface area contributed by atoms with Gasteiger partial charge in [-0.3, -0.25) is 0 Å². The van der Waals surface area contributed by atoms with Crippen molar-refractivity contribution in [1.82, 2.24) is 9.62 Å². The molecule has 0 aliphatic rings. The van der Waals surface area contributed by atoms with Crippen LogP contribution in [0.25, 0.3) is 0 Å². The first kappa shape index (κ1) is 23.1. The lowest BCUT2D eigenvalue weighted by Gasteiger charge is -2.21. The molecule has 1 aromatic rings. The number of sulfonamides is 1. The third kappa shape index (κ3) is 6.56. The predicted octanol–water partition coefficient (Wildman–Crippen LogP) is 2.54. The molecule has 1 aromatic carbocycles. The average Bonchev–Trinajstić information content (AvgIpc) is 2.52. The molecule has 0 saturated heterocycles. The smallest absolute Gasteiger partial charge is 0.243 e. The highest BCUT2D eigenvalue weighted by Crippen LogP contribution is 2.17. The number of hydrogen-bond donors (Lipinski definition) is 2. The molecule has 0 amide bonds. The minimum Gasteiger partial charge on any atom is -0.370 e. The van der Waals surface area contributed by atoms with Crippen LogP contribution in [0, 0.1) is 0 Å². The molecule has 1 unspecified atom stereocenters. The summed E-state index contributed by atoms with van der Waals surface area (Å²) < 4.78 is 26.1. The highest BCUT2D eigenvalue weighted by atomic mass is 127. The average molecular weight is 468 g/mol. The fraction of sp³-hybridized carbons (Fsp3) is 0.562. The summed E-state index contributed by atoms with van der Waals surface area (Å²) in [6.45, 7) is 8.20. The van der Waals surface area contributed by atoms with Gasteiger partial charge in [-0.2, -0.15) is 4.31 Å². The monoisotopic (exact) mass is 468 g/mol. The van der Waals surface area contributed by atoms with Gasteiger partial charge in [0, 0.05) is 19.1 Å². The molecule has 0 aromatic heterocycles. The van der Waals surface area contributed by atoms with Gasteiger partial charge in [0.05, 0.1) is 11.4 Å². The third-order valence-electron chi connectivity index (χ3n) is 3.77. The highest BCUT2D eigenvalue weighted by Gasteiger charge is 2.22. The molecule has 0 spiro atoms. The van der Waals surface area contributed by atoms with Crippen LogP contribution in [0.5, 0.6) is 0 Å². The van der Waals surface area contributed by atoms with E-state index in [2.05, 4.69) is 17.2 Å². The predicted molar refractivity (Wildman–Crippen MR) is 110 cm³/mol. The fourth-order valence-corrected chi connectivity index (χ4v) is 3.15. The molecule has 0 heterocycles. The molecule has 0 fully saturated rings. The normalized spacial score (nSPS) is 13.7. The number of benzene rings is 1. The number of hydrogen-bond acceptors (Lipinski definition) is 3. The van der Waals surface area contributed by atoms with E-state index in [9.17, 15) is 8.42 Å². The van der Waals surface area contributed by atoms with Crippen LogP contribution in [0.15, 0.2) is 34.2 Å². The van der Waals surface area contributed by atoms with Crippen molar-refractivity contribution in [2.45, 2.75) is 57.6 Å². The SMILES string of the molecule is CCC(C)NC(N)=NCc1ccc(S(=O)(=O)N(C)C(C)C)cc1.I. The van der Waals surface area contributed by atoms with Crippen LogP contribution in [0.2, 0.25) is 0 Å². The number of halogens is 1. The van der Waals surface area contributed by atoms with Gasteiger partial charge in [0.1, 0.15) is 0 Å². The van der Waals surface area contributed by atoms with Crippen LogP contribution < -0.4 is 11.1 Å². The first-order chi connectivity index (χ1) is 10.7. The molecular formula is C16H29IN4O2S. The Kier molecular flexibility index (Phi) is 9.83. The van der Waals surface area contributed by atoms with E-state index in [0.29, 0.717) is 12.5 Å². The summed E-state index contributed by atoms with van der Waals surface area (Å²) >= 11 is 0. The first-order valence-corrected chi connectivity index (χ1v) is 9.26. The second-order valence-electron chi connectivity index (χ2n) is 5.91. The first-order valence-electron chi connectivity index (χ1n) is 7.81. The summed E-state index contributed by atoms with van der Waals surface area (Å²) in [5, 5.41) is 3.09.